The molecule has 0 atom stereocenters. The zero-order chi connectivity index (χ0) is 20.3. The van der Waals surface area contributed by atoms with Crippen LogP contribution < -0.4 is 10.6 Å². The Labute approximate surface area is 166 Å². The number of hydrogen-bond acceptors (Lipinski definition) is 4. The standard InChI is InChI=1S/C19H23F2N3O3S/c1-2-12-7-9-19(10-8-12)16(26)24(18(27)23-19)11-15(25)22-13-3-5-14(6-4-13)28-17(20)21/h3-6,12,17H,2,7-11H2,1H3,(H,22,25)(H,23,27). The van der Waals surface area contributed by atoms with Crippen molar-refractivity contribution in [3.63, 3.8) is 0 Å². The maximum Gasteiger partial charge on any atom is 0.325 e. The van der Waals surface area contributed by atoms with Gasteiger partial charge in [-0.25, -0.2) is 4.79 Å². The molecule has 152 valence electrons. The van der Waals surface area contributed by atoms with Crippen molar-refractivity contribution in [2.45, 2.75) is 55.2 Å². The number of rotatable bonds is 6. The molecular weight excluding hydrogens is 388 g/mol. The molecule has 9 heteroatoms. The largest absolute Gasteiger partial charge is 0.325 e. The summed E-state index contributed by atoms with van der Waals surface area (Å²) in [6, 6.07) is 5.41. The number of nitrogens with one attached hydrogen (secondary N) is 2. The minimum absolute atomic E-state index is 0.342. The van der Waals surface area contributed by atoms with Crippen LogP contribution in [0.2, 0.25) is 0 Å². The lowest BCUT2D eigenvalue weighted by Gasteiger charge is -2.34. The van der Waals surface area contributed by atoms with Crippen LogP contribution in [0.4, 0.5) is 19.3 Å². The van der Waals surface area contributed by atoms with Gasteiger partial charge in [0.1, 0.15) is 12.1 Å². The van der Waals surface area contributed by atoms with Crippen molar-refractivity contribution in [2.75, 3.05) is 11.9 Å². The number of imide groups is 1. The van der Waals surface area contributed by atoms with Crippen LogP contribution in [0.3, 0.4) is 0 Å². The van der Waals surface area contributed by atoms with E-state index in [-0.39, 0.29) is 12.5 Å². The van der Waals surface area contributed by atoms with E-state index in [1.165, 1.54) is 24.3 Å². The van der Waals surface area contributed by atoms with Crippen LogP contribution in [0.15, 0.2) is 29.2 Å². The Morgan fingerprint density at radius 2 is 1.93 bits per heavy atom. The van der Waals surface area contributed by atoms with Crippen molar-refractivity contribution in [3.8, 4) is 0 Å². The van der Waals surface area contributed by atoms with Crippen molar-refractivity contribution in [1.29, 1.82) is 0 Å². The summed E-state index contributed by atoms with van der Waals surface area (Å²) in [5.74, 6) is -2.80. The first kappa shape index (κ1) is 20.6. The Hall–Kier alpha value is -2.16. The molecule has 28 heavy (non-hydrogen) atoms. The third-order valence-corrected chi connectivity index (χ3v) is 6.17. The summed E-state index contributed by atoms with van der Waals surface area (Å²) in [6.45, 7) is 1.74. The van der Waals surface area contributed by atoms with Gasteiger partial charge in [-0.1, -0.05) is 25.1 Å². The molecule has 0 unspecified atom stereocenters. The Morgan fingerprint density at radius 1 is 1.29 bits per heavy atom. The van der Waals surface area contributed by atoms with Crippen LogP contribution in [0.25, 0.3) is 0 Å². The SMILES string of the molecule is CCC1CCC2(CC1)NC(=O)N(CC(=O)Nc1ccc(SC(F)F)cc1)C2=O. The minimum atomic E-state index is -2.51. The van der Waals surface area contributed by atoms with Gasteiger partial charge >= 0.3 is 6.03 Å². The van der Waals surface area contributed by atoms with Gasteiger partial charge < -0.3 is 10.6 Å². The number of amides is 4. The van der Waals surface area contributed by atoms with Gasteiger partial charge in [0.25, 0.3) is 11.7 Å². The van der Waals surface area contributed by atoms with E-state index in [1.807, 2.05) is 0 Å². The van der Waals surface area contributed by atoms with Crippen molar-refractivity contribution < 1.29 is 23.2 Å². The fourth-order valence-electron chi connectivity index (χ4n) is 3.80. The Morgan fingerprint density at radius 3 is 2.50 bits per heavy atom. The first-order valence-electron chi connectivity index (χ1n) is 9.32. The normalized spacial score (nSPS) is 24.7. The smallest absolute Gasteiger partial charge is 0.325 e. The van der Waals surface area contributed by atoms with Crippen molar-refractivity contribution >= 4 is 35.3 Å². The number of alkyl halides is 2. The summed E-state index contributed by atoms with van der Waals surface area (Å²) in [5, 5.41) is 5.38. The molecule has 4 amide bonds. The van der Waals surface area contributed by atoms with E-state index in [4.69, 9.17) is 0 Å². The molecule has 2 fully saturated rings. The molecule has 0 bridgehead atoms. The second-order valence-corrected chi connectivity index (χ2v) is 8.27. The van der Waals surface area contributed by atoms with Gasteiger partial charge in [-0.15, -0.1) is 0 Å². The van der Waals surface area contributed by atoms with E-state index in [1.54, 1.807) is 0 Å². The molecule has 1 aliphatic carbocycles. The number of carbonyl (C=O) groups is 3. The van der Waals surface area contributed by atoms with Crippen LogP contribution in [-0.2, 0) is 9.59 Å². The van der Waals surface area contributed by atoms with E-state index < -0.39 is 23.2 Å². The Kier molecular flexibility index (Phi) is 6.22. The van der Waals surface area contributed by atoms with Gasteiger partial charge in [-0.2, -0.15) is 8.78 Å². The molecule has 0 radical (unpaired) electrons. The number of nitrogens with zero attached hydrogens (tertiary/aromatic N) is 1. The first-order valence-corrected chi connectivity index (χ1v) is 10.2. The topological polar surface area (TPSA) is 78.5 Å². The van der Waals surface area contributed by atoms with E-state index in [9.17, 15) is 23.2 Å². The zero-order valence-electron chi connectivity index (χ0n) is 15.5. The molecule has 1 aliphatic heterocycles. The Bertz CT molecular complexity index is 749. The first-order chi connectivity index (χ1) is 13.3. The molecule has 1 spiro atoms. The van der Waals surface area contributed by atoms with Crippen molar-refractivity contribution in [1.82, 2.24) is 10.2 Å². The number of thioether (sulfide) groups is 1. The van der Waals surface area contributed by atoms with Gasteiger partial charge in [-0.3, -0.25) is 14.5 Å². The predicted octanol–water partition coefficient (Wildman–Crippen LogP) is 3.83. The maximum absolute atomic E-state index is 12.8. The van der Waals surface area contributed by atoms with Crippen LogP contribution in [0, 0.1) is 5.92 Å². The number of urea groups is 1. The highest BCUT2D eigenvalue weighted by atomic mass is 32.2. The molecule has 1 heterocycles. The lowest BCUT2D eigenvalue weighted by Crippen LogP contribution is -2.49. The summed E-state index contributed by atoms with van der Waals surface area (Å²) in [6.07, 6.45) is 4.00. The number of benzene rings is 1. The van der Waals surface area contributed by atoms with E-state index in [0.717, 1.165) is 24.2 Å². The molecule has 2 N–H and O–H groups in total. The second-order valence-electron chi connectivity index (χ2n) is 7.21. The molecule has 2 aliphatic rings. The van der Waals surface area contributed by atoms with Crippen LogP contribution in [0.1, 0.15) is 39.0 Å². The van der Waals surface area contributed by atoms with Crippen molar-refractivity contribution in [3.05, 3.63) is 24.3 Å². The van der Waals surface area contributed by atoms with E-state index in [2.05, 4.69) is 17.6 Å². The molecule has 1 saturated heterocycles. The average molecular weight is 411 g/mol. The second kappa shape index (κ2) is 8.46. The van der Waals surface area contributed by atoms with Crippen LogP contribution in [0.5, 0.6) is 0 Å². The van der Waals surface area contributed by atoms with Gasteiger partial charge in [0.2, 0.25) is 5.91 Å². The van der Waals surface area contributed by atoms with Gasteiger partial charge in [0, 0.05) is 10.6 Å². The summed E-state index contributed by atoms with van der Waals surface area (Å²) >= 11 is 0.415. The highest BCUT2D eigenvalue weighted by Crippen LogP contribution is 2.37. The summed E-state index contributed by atoms with van der Waals surface area (Å²) in [4.78, 5) is 38.7. The minimum Gasteiger partial charge on any atom is -0.325 e. The van der Waals surface area contributed by atoms with E-state index in [0.29, 0.717) is 41.1 Å². The predicted molar refractivity (Wildman–Crippen MR) is 102 cm³/mol. The lowest BCUT2D eigenvalue weighted by molar-refractivity contribution is -0.135. The molecule has 3 rings (SSSR count). The highest BCUT2D eigenvalue weighted by Gasteiger charge is 2.52. The fraction of sp³-hybridized carbons (Fsp3) is 0.526. The maximum atomic E-state index is 12.8. The molecule has 6 nitrogen and oxygen atoms in total. The van der Waals surface area contributed by atoms with Gasteiger partial charge in [0.15, 0.2) is 0 Å². The number of hydrogen-bond donors (Lipinski definition) is 2. The number of carbonyl (C=O) groups excluding carboxylic acids is 3. The monoisotopic (exact) mass is 411 g/mol. The zero-order valence-corrected chi connectivity index (χ0v) is 16.4. The van der Waals surface area contributed by atoms with Crippen LogP contribution in [-0.4, -0.2) is 40.6 Å². The summed E-state index contributed by atoms with van der Waals surface area (Å²) < 4.78 is 24.7. The summed E-state index contributed by atoms with van der Waals surface area (Å²) in [5.41, 5.74) is -0.467. The Balaban J connectivity index is 1.58. The average Bonchev–Trinajstić information content (AvgIpc) is 2.88. The molecule has 1 aromatic rings. The van der Waals surface area contributed by atoms with E-state index >= 15 is 0 Å². The molecule has 1 saturated carbocycles. The molecule has 0 aromatic heterocycles. The van der Waals surface area contributed by atoms with Crippen molar-refractivity contribution in [2.24, 2.45) is 5.92 Å². The fourth-order valence-corrected chi connectivity index (χ4v) is 4.30. The molecule has 1 aromatic carbocycles. The highest BCUT2D eigenvalue weighted by molar-refractivity contribution is 7.99. The number of halogens is 2. The van der Waals surface area contributed by atoms with Crippen LogP contribution >= 0.6 is 11.8 Å². The molecular formula is C19H23F2N3O3S. The lowest BCUT2D eigenvalue weighted by atomic mass is 9.75. The summed E-state index contributed by atoms with van der Waals surface area (Å²) in [7, 11) is 0. The third-order valence-electron chi connectivity index (χ3n) is 5.45. The van der Waals surface area contributed by atoms with Gasteiger partial charge in [-0.05, 0) is 55.9 Å². The van der Waals surface area contributed by atoms with Gasteiger partial charge in [0.05, 0.1) is 0 Å². The third kappa shape index (κ3) is 4.45. The number of anilines is 1. The quantitative estimate of drug-likeness (QED) is 0.551.